The van der Waals surface area contributed by atoms with Crippen molar-refractivity contribution in [2.24, 2.45) is 0 Å². The van der Waals surface area contributed by atoms with Gasteiger partial charge in [-0.1, -0.05) is 36.4 Å². The molecule has 0 spiro atoms. The highest BCUT2D eigenvalue weighted by atomic mass is 16.2. The van der Waals surface area contributed by atoms with Gasteiger partial charge in [0.1, 0.15) is 5.69 Å². The van der Waals surface area contributed by atoms with E-state index in [1.54, 1.807) is 60.7 Å². The van der Waals surface area contributed by atoms with Crippen molar-refractivity contribution in [3.8, 4) is 0 Å². The van der Waals surface area contributed by atoms with Crippen molar-refractivity contribution >= 4 is 34.8 Å². The zero-order chi connectivity index (χ0) is 24.8. The van der Waals surface area contributed by atoms with Crippen molar-refractivity contribution < 1.29 is 14.4 Å². The maximum Gasteiger partial charge on any atom is 0.325 e. The van der Waals surface area contributed by atoms with Gasteiger partial charge < -0.3 is 20.9 Å². The molecule has 1 aromatic heterocycles. The largest absolute Gasteiger partial charge is 0.325 e. The Balaban J connectivity index is 1.65. The van der Waals surface area contributed by atoms with Crippen molar-refractivity contribution in [3.05, 3.63) is 123 Å². The summed E-state index contributed by atoms with van der Waals surface area (Å²) in [6.07, 6.45) is 1.07. The summed E-state index contributed by atoms with van der Waals surface area (Å²) in [6, 6.07) is 21.2. The van der Waals surface area contributed by atoms with Crippen LogP contribution in [-0.2, 0) is 0 Å². The standard InChI is InChI=1S/C25H19N5O5/c31-21(15-7-3-1-4-8-15)27-18-11-17(23(33)29-20-14-26-25(35)30-24(20)34)12-19(13-18)28-22(32)16-9-5-2-6-10-16/h1-14H,(H,27,31)(H,28,32)(H,29,33)(H2,26,30,34,35). The Morgan fingerprint density at radius 2 is 1.09 bits per heavy atom. The van der Waals surface area contributed by atoms with Gasteiger partial charge in [0.25, 0.3) is 23.3 Å². The molecule has 4 rings (SSSR count). The monoisotopic (exact) mass is 469 g/mol. The third kappa shape index (κ3) is 5.76. The average Bonchev–Trinajstić information content (AvgIpc) is 2.86. The smallest absolute Gasteiger partial charge is 0.322 e. The Bertz CT molecular complexity index is 1440. The number of H-pyrrole nitrogens is 2. The zero-order valence-corrected chi connectivity index (χ0v) is 18.1. The maximum atomic E-state index is 12.9. The molecule has 3 amide bonds. The fourth-order valence-electron chi connectivity index (χ4n) is 3.19. The van der Waals surface area contributed by atoms with Crippen LogP contribution in [0.25, 0.3) is 0 Å². The second-order valence-corrected chi connectivity index (χ2v) is 7.38. The van der Waals surface area contributed by atoms with Gasteiger partial charge in [0.05, 0.1) is 0 Å². The maximum absolute atomic E-state index is 12.9. The molecule has 5 N–H and O–H groups in total. The van der Waals surface area contributed by atoms with Gasteiger partial charge in [-0.2, -0.15) is 0 Å². The molecule has 174 valence electrons. The number of aromatic amines is 2. The SMILES string of the molecule is O=C(Nc1cc(NC(=O)c2ccccc2)cc(C(=O)Nc2c[nH]c(=O)[nH]c2=O)c1)c1ccccc1. The highest BCUT2D eigenvalue weighted by molar-refractivity contribution is 6.10. The van der Waals surface area contributed by atoms with Gasteiger partial charge >= 0.3 is 5.69 Å². The van der Waals surface area contributed by atoms with Gasteiger partial charge in [-0.25, -0.2) is 4.79 Å². The fourth-order valence-corrected chi connectivity index (χ4v) is 3.19. The summed E-state index contributed by atoms with van der Waals surface area (Å²) in [7, 11) is 0. The van der Waals surface area contributed by atoms with Gasteiger partial charge in [0.2, 0.25) is 0 Å². The van der Waals surface area contributed by atoms with Crippen LogP contribution in [0.5, 0.6) is 0 Å². The molecule has 0 unspecified atom stereocenters. The Morgan fingerprint density at radius 3 is 1.57 bits per heavy atom. The lowest BCUT2D eigenvalue weighted by Crippen LogP contribution is -2.26. The van der Waals surface area contributed by atoms with E-state index in [1.807, 2.05) is 4.98 Å². The lowest BCUT2D eigenvalue weighted by atomic mass is 10.1. The molecule has 0 aliphatic heterocycles. The van der Waals surface area contributed by atoms with Crippen molar-refractivity contribution in [2.75, 3.05) is 16.0 Å². The average molecular weight is 469 g/mol. The number of rotatable bonds is 6. The van der Waals surface area contributed by atoms with E-state index in [4.69, 9.17) is 0 Å². The third-order valence-corrected chi connectivity index (χ3v) is 4.85. The number of aromatic nitrogens is 2. The van der Waals surface area contributed by atoms with E-state index >= 15 is 0 Å². The van der Waals surface area contributed by atoms with Gasteiger partial charge in [-0.15, -0.1) is 0 Å². The van der Waals surface area contributed by atoms with Crippen LogP contribution in [0.3, 0.4) is 0 Å². The van der Waals surface area contributed by atoms with E-state index in [0.29, 0.717) is 11.1 Å². The molecule has 1 heterocycles. The van der Waals surface area contributed by atoms with Crippen LogP contribution >= 0.6 is 0 Å². The molecule has 4 aromatic rings. The van der Waals surface area contributed by atoms with Gasteiger partial charge in [0, 0.05) is 34.3 Å². The number of nitrogens with one attached hydrogen (secondary N) is 5. The van der Waals surface area contributed by atoms with E-state index in [1.165, 1.54) is 18.2 Å². The Kier molecular flexibility index (Phi) is 6.64. The molecule has 0 aliphatic rings. The lowest BCUT2D eigenvalue weighted by Gasteiger charge is -2.12. The van der Waals surface area contributed by atoms with Crippen LogP contribution in [0.4, 0.5) is 17.1 Å². The quantitative estimate of drug-likeness (QED) is 0.294. The lowest BCUT2D eigenvalue weighted by molar-refractivity contribution is 0.101. The molecule has 0 atom stereocenters. The number of anilines is 3. The Morgan fingerprint density at radius 1 is 0.600 bits per heavy atom. The summed E-state index contributed by atoms with van der Waals surface area (Å²) in [4.78, 5) is 65.6. The molecule has 10 nitrogen and oxygen atoms in total. The second kappa shape index (κ2) is 10.1. The number of hydrogen-bond donors (Lipinski definition) is 5. The summed E-state index contributed by atoms with van der Waals surface area (Å²) >= 11 is 0. The molecule has 0 fully saturated rings. The molecule has 0 aliphatic carbocycles. The van der Waals surface area contributed by atoms with E-state index in [9.17, 15) is 24.0 Å². The minimum absolute atomic E-state index is 0.0461. The molecule has 10 heteroatoms. The van der Waals surface area contributed by atoms with Crippen molar-refractivity contribution in [2.45, 2.75) is 0 Å². The normalized spacial score (nSPS) is 10.3. The van der Waals surface area contributed by atoms with Crippen LogP contribution in [0.1, 0.15) is 31.1 Å². The summed E-state index contributed by atoms with van der Waals surface area (Å²) in [6.45, 7) is 0. The third-order valence-electron chi connectivity index (χ3n) is 4.85. The van der Waals surface area contributed by atoms with Crippen LogP contribution in [0, 0.1) is 0 Å². The first-order valence-corrected chi connectivity index (χ1v) is 10.4. The second-order valence-electron chi connectivity index (χ2n) is 7.38. The first-order chi connectivity index (χ1) is 16.9. The van der Waals surface area contributed by atoms with Crippen LogP contribution < -0.4 is 27.2 Å². The number of benzene rings is 3. The number of carbonyl (C=O) groups excluding carboxylic acids is 3. The van der Waals surface area contributed by atoms with Gasteiger partial charge in [0.15, 0.2) is 0 Å². The molecule has 0 saturated heterocycles. The highest BCUT2D eigenvalue weighted by Gasteiger charge is 2.15. The minimum atomic E-state index is -0.784. The summed E-state index contributed by atoms with van der Waals surface area (Å²) < 4.78 is 0. The molecular weight excluding hydrogens is 450 g/mol. The summed E-state index contributed by atoms with van der Waals surface area (Å²) in [5.74, 6) is -1.53. The zero-order valence-electron chi connectivity index (χ0n) is 18.1. The summed E-state index contributed by atoms with van der Waals surface area (Å²) in [5.41, 5.74) is -0.352. The predicted octanol–water partition coefficient (Wildman–Crippen LogP) is 2.82. The Hall–Kier alpha value is -5.25. The predicted molar refractivity (Wildman–Crippen MR) is 131 cm³/mol. The Labute approximate surface area is 198 Å². The molecule has 3 aromatic carbocycles. The van der Waals surface area contributed by atoms with E-state index in [0.717, 1.165) is 6.20 Å². The molecule has 0 radical (unpaired) electrons. The molecule has 35 heavy (non-hydrogen) atoms. The van der Waals surface area contributed by atoms with Gasteiger partial charge in [-0.3, -0.25) is 24.2 Å². The summed E-state index contributed by atoms with van der Waals surface area (Å²) in [5, 5.41) is 7.81. The highest BCUT2D eigenvalue weighted by Crippen LogP contribution is 2.22. The molecule has 0 saturated carbocycles. The number of carbonyl (C=O) groups is 3. The van der Waals surface area contributed by atoms with Crippen molar-refractivity contribution in [1.29, 1.82) is 0 Å². The molecule has 0 bridgehead atoms. The van der Waals surface area contributed by atoms with E-state index in [2.05, 4.69) is 20.9 Å². The van der Waals surface area contributed by atoms with Crippen molar-refractivity contribution in [1.82, 2.24) is 9.97 Å². The first-order valence-electron chi connectivity index (χ1n) is 10.4. The van der Waals surface area contributed by atoms with E-state index < -0.39 is 29.0 Å². The minimum Gasteiger partial charge on any atom is -0.322 e. The first kappa shape index (κ1) is 22.9. The molecular formula is C25H19N5O5. The van der Waals surface area contributed by atoms with Gasteiger partial charge in [-0.05, 0) is 42.5 Å². The van der Waals surface area contributed by atoms with Crippen LogP contribution in [0.2, 0.25) is 0 Å². The fraction of sp³-hybridized carbons (Fsp3) is 0. The number of amides is 3. The van der Waals surface area contributed by atoms with Crippen LogP contribution in [0.15, 0.2) is 94.6 Å². The van der Waals surface area contributed by atoms with E-state index in [-0.39, 0.29) is 22.6 Å². The van der Waals surface area contributed by atoms with Crippen LogP contribution in [-0.4, -0.2) is 27.7 Å². The number of hydrogen-bond acceptors (Lipinski definition) is 5. The topological polar surface area (TPSA) is 153 Å². The van der Waals surface area contributed by atoms with Crippen molar-refractivity contribution in [3.63, 3.8) is 0 Å².